The lowest BCUT2D eigenvalue weighted by Crippen LogP contribution is -2.51. The summed E-state index contributed by atoms with van der Waals surface area (Å²) in [6.07, 6.45) is 2.17. The van der Waals surface area contributed by atoms with E-state index in [2.05, 4.69) is 15.0 Å². The molecule has 0 saturated carbocycles. The highest BCUT2D eigenvalue weighted by Crippen LogP contribution is 2.26. The maximum Gasteiger partial charge on any atom is 0.236 e. The number of carbonyl (C=O) groups is 1. The van der Waals surface area contributed by atoms with E-state index in [4.69, 9.17) is 9.26 Å². The Kier molecular flexibility index (Phi) is 4.96. The van der Waals surface area contributed by atoms with Crippen molar-refractivity contribution >= 4 is 5.91 Å². The number of hydrogen-bond acceptors (Lipinski definition) is 6. The van der Waals surface area contributed by atoms with Gasteiger partial charge in [-0.1, -0.05) is 5.16 Å². The average Bonchev–Trinajstić information content (AvgIpc) is 2.93. The Morgan fingerprint density at radius 1 is 1.22 bits per heavy atom. The Bertz CT molecular complexity index is 529. The summed E-state index contributed by atoms with van der Waals surface area (Å²) in [6, 6.07) is 0. The van der Waals surface area contributed by atoms with Crippen LogP contribution in [-0.4, -0.2) is 70.8 Å². The predicted octanol–water partition coefficient (Wildman–Crippen LogP) is 1.19. The van der Waals surface area contributed by atoms with Crippen molar-refractivity contribution in [3.63, 3.8) is 0 Å². The molecule has 23 heavy (non-hydrogen) atoms. The Balaban J connectivity index is 1.47. The first-order valence-electron chi connectivity index (χ1n) is 8.47. The Morgan fingerprint density at radius 3 is 2.43 bits per heavy atom. The van der Waals surface area contributed by atoms with Crippen LogP contribution in [0.25, 0.3) is 0 Å². The van der Waals surface area contributed by atoms with Crippen LogP contribution in [-0.2, 0) is 9.53 Å². The summed E-state index contributed by atoms with van der Waals surface area (Å²) in [5, 5.41) is 3.86. The lowest BCUT2D eigenvalue weighted by atomic mass is 9.97. The van der Waals surface area contributed by atoms with Crippen LogP contribution in [0, 0.1) is 6.92 Å². The summed E-state index contributed by atoms with van der Waals surface area (Å²) in [5.74, 6) is 1.96. The van der Waals surface area contributed by atoms with Gasteiger partial charge >= 0.3 is 0 Å². The van der Waals surface area contributed by atoms with Crippen LogP contribution in [0.4, 0.5) is 0 Å². The molecule has 3 rings (SSSR count). The molecule has 2 atom stereocenters. The number of morpholine rings is 1. The van der Waals surface area contributed by atoms with Gasteiger partial charge < -0.3 is 14.2 Å². The van der Waals surface area contributed by atoms with E-state index in [0.717, 1.165) is 31.8 Å². The van der Waals surface area contributed by atoms with E-state index in [9.17, 15) is 4.79 Å². The summed E-state index contributed by atoms with van der Waals surface area (Å²) < 4.78 is 11.0. The smallest absolute Gasteiger partial charge is 0.236 e. The second-order valence-corrected chi connectivity index (χ2v) is 6.79. The first-order valence-corrected chi connectivity index (χ1v) is 8.47. The normalized spacial score (nSPS) is 27.3. The van der Waals surface area contributed by atoms with Gasteiger partial charge in [-0.15, -0.1) is 0 Å². The van der Waals surface area contributed by atoms with E-state index in [1.807, 2.05) is 25.7 Å². The quantitative estimate of drug-likeness (QED) is 0.832. The van der Waals surface area contributed by atoms with Crippen LogP contribution in [0.5, 0.6) is 0 Å². The molecule has 1 aromatic rings. The maximum atomic E-state index is 12.5. The highest BCUT2D eigenvalue weighted by atomic mass is 16.5. The molecule has 2 unspecified atom stereocenters. The van der Waals surface area contributed by atoms with Crippen molar-refractivity contribution in [1.29, 1.82) is 0 Å². The van der Waals surface area contributed by atoms with E-state index in [0.29, 0.717) is 31.4 Å². The number of hydrogen-bond donors (Lipinski definition) is 0. The predicted molar refractivity (Wildman–Crippen MR) is 84.0 cm³/mol. The molecule has 0 N–H and O–H groups in total. The molecule has 0 aliphatic carbocycles. The lowest BCUT2D eigenvalue weighted by molar-refractivity contribution is -0.144. The van der Waals surface area contributed by atoms with Gasteiger partial charge in [-0.25, -0.2) is 0 Å². The number of piperidine rings is 1. The van der Waals surface area contributed by atoms with Gasteiger partial charge in [0.05, 0.1) is 18.8 Å². The zero-order valence-electron chi connectivity index (χ0n) is 14.2. The van der Waals surface area contributed by atoms with Crippen LogP contribution in [0.2, 0.25) is 0 Å². The molecule has 0 spiro atoms. The molecular formula is C16H26N4O3. The third-order valence-corrected chi connectivity index (χ3v) is 4.61. The van der Waals surface area contributed by atoms with Crippen molar-refractivity contribution in [2.75, 3.05) is 32.7 Å². The summed E-state index contributed by atoms with van der Waals surface area (Å²) in [7, 11) is 0. The van der Waals surface area contributed by atoms with Gasteiger partial charge in [0.25, 0.3) is 0 Å². The summed E-state index contributed by atoms with van der Waals surface area (Å²) in [5.41, 5.74) is 0. The Hall–Kier alpha value is -1.47. The van der Waals surface area contributed by atoms with Crippen LogP contribution in [0.15, 0.2) is 4.52 Å². The van der Waals surface area contributed by atoms with E-state index in [1.54, 1.807) is 0 Å². The van der Waals surface area contributed by atoms with Gasteiger partial charge in [-0.3, -0.25) is 9.69 Å². The lowest BCUT2D eigenvalue weighted by Gasteiger charge is -2.37. The van der Waals surface area contributed by atoms with Gasteiger partial charge in [-0.2, -0.15) is 4.98 Å². The molecule has 2 fully saturated rings. The number of likely N-dealkylation sites (tertiary alicyclic amines) is 1. The number of aromatic nitrogens is 2. The summed E-state index contributed by atoms with van der Waals surface area (Å²) in [6.45, 7) is 9.56. The molecule has 7 heteroatoms. The third-order valence-electron chi connectivity index (χ3n) is 4.61. The van der Waals surface area contributed by atoms with E-state index in [1.165, 1.54) is 0 Å². The molecule has 3 heterocycles. The molecule has 2 saturated heterocycles. The molecule has 1 amide bonds. The molecular weight excluding hydrogens is 296 g/mol. The minimum Gasteiger partial charge on any atom is -0.372 e. The molecule has 2 aliphatic heterocycles. The van der Waals surface area contributed by atoms with E-state index in [-0.39, 0.29) is 18.1 Å². The Labute approximate surface area is 137 Å². The zero-order valence-corrected chi connectivity index (χ0v) is 14.2. The molecule has 1 aromatic heterocycles. The molecule has 0 aromatic carbocycles. The molecule has 2 aliphatic rings. The number of amides is 1. The molecule has 0 radical (unpaired) electrons. The van der Waals surface area contributed by atoms with Gasteiger partial charge in [0.15, 0.2) is 5.82 Å². The van der Waals surface area contributed by atoms with E-state index < -0.39 is 0 Å². The Morgan fingerprint density at radius 2 is 1.87 bits per heavy atom. The fraction of sp³-hybridized carbons (Fsp3) is 0.812. The van der Waals surface area contributed by atoms with Crippen molar-refractivity contribution < 1.29 is 14.1 Å². The first-order chi connectivity index (χ1) is 11.0. The standard InChI is InChI=1S/C16H26N4O3/c1-11-8-20(9-12(2)22-11)15(21)10-19-6-4-14(5-7-19)16-17-13(3)18-23-16/h11-12,14H,4-10H2,1-3H3. The van der Waals surface area contributed by atoms with Gasteiger partial charge in [0, 0.05) is 19.0 Å². The third kappa shape index (κ3) is 4.09. The van der Waals surface area contributed by atoms with Crippen molar-refractivity contribution in [3.05, 3.63) is 11.7 Å². The van der Waals surface area contributed by atoms with Gasteiger partial charge in [0.1, 0.15) is 0 Å². The van der Waals surface area contributed by atoms with Crippen LogP contribution in [0.1, 0.15) is 44.3 Å². The van der Waals surface area contributed by atoms with Gasteiger partial charge in [0.2, 0.25) is 11.8 Å². The minimum atomic E-state index is 0.120. The van der Waals surface area contributed by atoms with Crippen LogP contribution < -0.4 is 0 Å². The van der Waals surface area contributed by atoms with Crippen molar-refractivity contribution in [3.8, 4) is 0 Å². The fourth-order valence-corrected chi connectivity index (χ4v) is 3.49. The molecule has 128 valence electrons. The number of rotatable bonds is 3. The van der Waals surface area contributed by atoms with Crippen molar-refractivity contribution in [2.24, 2.45) is 0 Å². The topological polar surface area (TPSA) is 71.7 Å². The number of nitrogens with zero attached hydrogens (tertiary/aromatic N) is 4. The molecule has 7 nitrogen and oxygen atoms in total. The van der Waals surface area contributed by atoms with Crippen LogP contribution >= 0.6 is 0 Å². The second-order valence-electron chi connectivity index (χ2n) is 6.79. The number of carbonyl (C=O) groups excluding carboxylic acids is 1. The monoisotopic (exact) mass is 322 g/mol. The maximum absolute atomic E-state index is 12.5. The number of ether oxygens (including phenoxy) is 1. The fourth-order valence-electron chi connectivity index (χ4n) is 3.49. The van der Waals surface area contributed by atoms with Crippen molar-refractivity contribution in [2.45, 2.75) is 51.7 Å². The first kappa shape index (κ1) is 16.4. The average molecular weight is 322 g/mol. The highest BCUT2D eigenvalue weighted by Gasteiger charge is 2.29. The van der Waals surface area contributed by atoms with Crippen LogP contribution in [0.3, 0.4) is 0 Å². The van der Waals surface area contributed by atoms with Gasteiger partial charge in [-0.05, 0) is 46.7 Å². The largest absolute Gasteiger partial charge is 0.372 e. The minimum absolute atomic E-state index is 0.120. The van der Waals surface area contributed by atoms with Crippen molar-refractivity contribution in [1.82, 2.24) is 19.9 Å². The zero-order chi connectivity index (χ0) is 16.4. The SMILES string of the molecule is Cc1noc(C2CCN(CC(=O)N3CC(C)OC(C)C3)CC2)n1. The van der Waals surface area contributed by atoms with E-state index >= 15 is 0 Å². The molecule has 0 bridgehead atoms. The summed E-state index contributed by atoms with van der Waals surface area (Å²) >= 11 is 0. The summed E-state index contributed by atoms with van der Waals surface area (Å²) in [4.78, 5) is 21.0. The highest BCUT2D eigenvalue weighted by molar-refractivity contribution is 5.78. The number of aryl methyl sites for hydroxylation is 1. The second kappa shape index (κ2) is 6.97.